The zero-order chi connectivity index (χ0) is 17.2. The van der Waals surface area contributed by atoms with Crippen molar-refractivity contribution in [3.05, 3.63) is 58.4 Å². The summed E-state index contributed by atoms with van der Waals surface area (Å²) >= 11 is 1.55. The molecule has 0 saturated heterocycles. The molecule has 5 nitrogen and oxygen atoms in total. The maximum atomic E-state index is 12.7. The molecular formula is C19H19N3O2S. The Balaban J connectivity index is 1.61. The van der Waals surface area contributed by atoms with Gasteiger partial charge in [0.1, 0.15) is 5.75 Å². The number of rotatable bonds is 3. The normalized spacial score (nSPS) is 14.0. The number of amides is 1. The quantitative estimate of drug-likeness (QED) is 0.722. The van der Waals surface area contributed by atoms with Crippen LogP contribution in [0.5, 0.6) is 5.75 Å². The monoisotopic (exact) mass is 353 g/mol. The molecule has 0 unspecified atom stereocenters. The van der Waals surface area contributed by atoms with E-state index in [4.69, 9.17) is 9.84 Å². The molecule has 0 N–H and O–H groups in total. The average molecular weight is 353 g/mol. The molecule has 0 atom stereocenters. The summed E-state index contributed by atoms with van der Waals surface area (Å²) in [6.45, 7) is 2.17. The Hall–Kier alpha value is -2.60. The van der Waals surface area contributed by atoms with Crippen molar-refractivity contribution >= 4 is 17.2 Å². The molecule has 0 fully saturated rings. The zero-order valence-corrected chi connectivity index (χ0v) is 14.8. The number of ether oxygens (including phenoxy) is 1. The van der Waals surface area contributed by atoms with Gasteiger partial charge in [0.25, 0.3) is 5.91 Å². The van der Waals surface area contributed by atoms with E-state index in [2.05, 4.69) is 6.07 Å². The van der Waals surface area contributed by atoms with Crippen molar-refractivity contribution in [1.29, 1.82) is 0 Å². The van der Waals surface area contributed by atoms with Crippen LogP contribution in [0.2, 0.25) is 0 Å². The summed E-state index contributed by atoms with van der Waals surface area (Å²) in [5, 5.41) is 8.59. The van der Waals surface area contributed by atoms with Crippen LogP contribution in [0.3, 0.4) is 0 Å². The first-order chi connectivity index (χ1) is 12.2. The van der Waals surface area contributed by atoms with Gasteiger partial charge < -0.3 is 9.64 Å². The summed E-state index contributed by atoms with van der Waals surface area (Å²) in [6, 6.07) is 11.9. The fourth-order valence-corrected chi connectivity index (χ4v) is 3.76. The van der Waals surface area contributed by atoms with E-state index in [0.29, 0.717) is 6.54 Å². The minimum Gasteiger partial charge on any atom is -0.497 e. The lowest BCUT2D eigenvalue weighted by Gasteiger charge is -2.19. The maximum Gasteiger partial charge on any atom is 0.255 e. The molecule has 128 valence electrons. The maximum absolute atomic E-state index is 12.7. The molecule has 3 aromatic rings. The number of methoxy groups -OCH3 is 1. The van der Waals surface area contributed by atoms with Gasteiger partial charge in [0, 0.05) is 24.0 Å². The van der Waals surface area contributed by atoms with Crippen molar-refractivity contribution in [2.45, 2.75) is 19.5 Å². The molecule has 25 heavy (non-hydrogen) atoms. The molecule has 3 heterocycles. The molecule has 0 bridgehead atoms. The predicted molar refractivity (Wildman–Crippen MR) is 97.9 cm³/mol. The van der Waals surface area contributed by atoms with E-state index >= 15 is 0 Å². The summed E-state index contributed by atoms with van der Waals surface area (Å²) in [5.41, 5.74) is 3.78. The van der Waals surface area contributed by atoms with Crippen molar-refractivity contribution < 1.29 is 9.53 Å². The number of nitrogens with zero attached hydrogens (tertiary/aromatic N) is 3. The number of hydrogen-bond donors (Lipinski definition) is 0. The lowest BCUT2D eigenvalue weighted by molar-refractivity contribution is 0.0746. The third-order valence-electron chi connectivity index (χ3n) is 4.43. The highest BCUT2D eigenvalue weighted by Crippen LogP contribution is 2.25. The van der Waals surface area contributed by atoms with Crippen LogP contribution in [-0.2, 0) is 13.1 Å². The molecule has 1 amide bonds. The van der Waals surface area contributed by atoms with Crippen LogP contribution in [0.4, 0.5) is 0 Å². The molecule has 0 radical (unpaired) electrons. The van der Waals surface area contributed by atoms with Gasteiger partial charge in [-0.05, 0) is 36.1 Å². The highest BCUT2D eigenvalue weighted by atomic mass is 32.1. The lowest BCUT2D eigenvalue weighted by atomic mass is 10.1. The van der Waals surface area contributed by atoms with Crippen LogP contribution >= 0.6 is 11.3 Å². The van der Waals surface area contributed by atoms with E-state index in [0.717, 1.165) is 47.8 Å². The summed E-state index contributed by atoms with van der Waals surface area (Å²) in [5.74, 6) is 0.911. The number of hydrogen-bond acceptors (Lipinski definition) is 4. The van der Waals surface area contributed by atoms with Gasteiger partial charge in [-0.15, -0.1) is 0 Å². The number of benzene rings is 1. The van der Waals surface area contributed by atoms with Crippen molar-refractivity contribution in [2.75, 3.05) is 13.7 Å². The minimum absolute atomic E-state index is 0.0961. The second kappa shape index (κ2) is 6.72. The first-order valence-electron chi connectivity index (χ1n) is 8.27. The molecule has 1 aromatic carbocycles. The Morgan fingerprint density at radius 3 is 2.96 bits per heavy atom. The Kier molecular flexibility index (Phi) is 4.28. The Morgan fingerprint density at radius 1 is 1.24 bits per heavy atom. The van der Waals surface area contributed by atoms with Crippen LogP contribution in [0, 0.1) is 0 Å². The first-order valence-corrected chi connectivity index (χ1v) is 9.21. The van der Waals surface area contributed by atoms with Gasteiger partial charge in [-0.2, -0.15) is 16.4 Å². The number of thiophene rings is 1. The second-order valence-electron chi connectivity index (χ2n) is 6.07. The van der Waals surface area contributed by atoms with Gasteiger partial charge in [-0.3, -0.25) is 9.48 Å². The minimum atomic E-state index is 0.0961. The summed E-state index contributed by atoms with van der Waals surface area (Å²) in [4.78, 5) is 14.6. The fourth-order valence-electron chi connectivity index (χ4n) is 3.13. The van der Waals surface area contributed by atoms with Gasteiger partial charge in [0.05, 0.1) is 30.6 Å². The van der Waals surface area contributed by atoms with Crippen LogP contribution in [0.1, 0.15) is 22.5 Å². The van der Waals surface area contributed by atoms with E-state index in [1.54, 1.807) is 18.4 Å². The lowest BCUT2D eigenvalue weighted by Crippen LogP contribution is -2.30. The van der Waals surface area contributed by atoms with Gasteiger partial charge in [0.2, 0.25) is 0 Å². The molecule has 1 aliphatic heterocycles. The van der Waals surface area contributed by atoms with E-state index in [9.17, 15) is 4.79 Å². The molecule has 0 aliphatic carbocycles. The third-order valence-corrected chi connectivity index (χ3v) is 5.12. The second-order valence-corrected chi connectivity index (χ2v) is 6.85. The number of fused-ring (bicyclic) bond motifs is 1. The third kappa shape index (κ3) is 3.17. The van der Waals surface area contributed by atoms with Crippen molar-refractivity contribution in [3.8, 4) is 17.0 Å². The van der Waals surface area contributed by atoms with Crippen LogP contribution in [-0.4, -0.2) is 34.2 Å². The number of aryl methyl sites for hydroxylation is 1. The summed E-state index contributed by atoms with van der Waals surface area (Å²) in [6.07, 6.45) is 0.905. The van der Waals surface area contributed by atoms with Gasteiger partial charge in [-0.1, -0.05) is 12.1 Å². The van der Waals surface area contributed by atoms with Crippen molar-refractivity contribution in [2.24, 2.45) is 0 Å². The predicted octanol–water partition coefficient (Wildman–Crippen LogP) is 3.67. The molecule has 1 aliphatic rings. The molecule has 0 spiro atoms. The van der Waals surface area contributed by atoms with E-state index in [1.807, 2.05) is 50.7 Å². The first kappa shape index (κ1) is 15.9. The number of carbonyl (C=O) groups is 1. The van der Waals surface area contributed by atoms with Crippen LogP contribution in [0.25, 0.3) is 11.3 Å². The summed E-state index contributed by atoms with van der Waals surface area (Å²) in [7, 11) is 1.66. The number of aromatic nitrogens is 2. The van der Waals surface area contributed by atoms with Gasteiger partial charge in [-0.25, -0.2) is 0 Å². The average Bonchev–Trinajstić information content (AvgIpc) is 3.27. The van der Waals surface area contributed by atoms with E-state index < -0.39 is 0 Å². The summed E-state index contributed by atoms with van der Waals surface area (Å²) < 4.78 is 7.33. The zero-order valence-electron chi connectivity index (χ0n) is 14.0. The standard InChI is InChI=1S/C19H19N3O2S/c1-24-17-5-2-4-14(10-17)18-11-16-12-21(7-3-8-22(16)20-18)19(23)15-6-9-25-13-15/h2,4-6,9-11,13H,3,7-8,12H2,1H3. The van der Waals surface area contributed by atoms with Gasteiger partial charge in [0.15, 0.2) is 0 Å². The highest BCUT2D eigenvalue weighted by molar-refractivity contribution is 7.08. The molecule has 4 rings (SSSR count). The Labute approximate surface area is 150 Å². The highest BCUT2D eigenvalue weighted by Gasteiger charge is 2.22. The van der Waals surface area contributed by atoms with E-state index in [-0.39, 0.29) is 5.91 Å². The molecular weight excluding hydrogens is 334 g/mol. The smallest absolute Gasteiger partial charge is 0.255 e. The SMILES string of the molecule is COc1cccc(-c2cc3n(n2)CCCN(C(=O)c2ccsc2)C3)c1. The molecule has 6 heteroatoms. The Bertz CT molecular complexity index is 886. The van der Waals surface area contributed by atoms with Crippen molar-refractivity contribution in [1.82, 2.24) is 14.7 Å². The fraction of sp³-hybridized carbons (Fsp3) is 0.263. The Morgan fingerprint density at radius 2 is 2.16 bits per heavy atom. The van der Waals surface area contributed by atoms with Gasteiger partial charge >= 0.3 is 0 Å². The topological polar surface area (TPSA) is 47.4 Å². The van der Waals surface area contributed by atoms with Crippen molar-refractivity contribution in [3.63, 3.8) is 0 Å². The van der Waals surface area contributed by atoms with E-state index in [1.165, 1.54) is 0 Å². The van der Waals surface area contributed by atoms with Crippen LogP contribution in [0.15, 0.2) is 47.2 Å². The van der Waals surface area contributed by atoms with Crippen LogP contribution < -0.4 is 4.74 Å². The molecule has 2 aromatic heterocycles. The largest absolute Gasteiger partial charge is 0.497 e. The number of carbonyl (C=O) groups excluding carboxylic acids is 1. The molecule has 0 saturated carbocycles.